The van der Waals surface area contributed by atoms with Gasteiger partial charge in [0.25, 0.3) is 0 Å². The van der Waals surface area contributed by atoms with Crippen LogP contribution in [0.25, 0.3) is 6.08 Å². The van der Waals surface area contributed by atoms with Gasteiger partial charge in [-0.3, -0.25) is 0 Å². The summed E-state index contributed by atoms with van der Waals surface area (Å²) in [4.78, 5) is 31.6. The number of carboxylic acids is 2. The highest BCUT2D eigenvalue weighted by Gasteiger charge is 2.23. The van der Waals surface area contributed by atoms with Crippen molar-refractivity contribution in [2.24, 2.45) is 5.92 Å². The van der Waals surface area contributed by atoms with Gasteiger partial charge in [0.1, 0.15) is 5.82 Å². The number of nitrogens with one attached hydrogen (secondary N) is 1. The smallest absolute Gasteiger partial charge is 0.335 e. The van der Waals surface area contributed by atoms with E-state index in [4.69, 9.17) is 5.11 Å². The molecule has 3 aromatic rings. The number of nitrogens with zero attached hydrogens (tertiary/aromatic N) is 1. The van der Waals surface area contributed by atoms with Crippen molar-refractivity contribution in [1.29, 1.82) is 0 Å². The zero-order chi connectivity index (χ0) is 21.7. The lowest BCUT2D eigenvalue weighted by molar-refractivity contribution is -0.132. The summed E-state index contributed by atoms with van der Waals surface area (Å²) < 4.78 is 0. The van der Waals surface area contributed by atoms with Gasteiger partial charge in [0, 0.05) is 22.8 Å². The summed E-state index contributed by atoms with van der Waals surface area (Å²) in [6.45, 7) is 4.21. The summed E-state index contributed by atoms with van der Waals surface area (Å²) in [7, 11) is 0. The van der Waals surface area contributed by atoms with Crippen molar-refractivity contribution >= 4 is 29.4 Å². The minimum atomic E-state index is -0.959. The van der Waals surface area contributed by atoms with Gasteiger partial charge in [-0.15, -0.1) is 11.3 Å². The molecule has 0 aliphatic heterocycles. The Hall–Kier alpha value is -3.19. The van der Waals surface area contributed by atoms with Crippen LogP contribution < -0.4 is 0 Å². The Kier molecular flexibility index (Phi) is 6.84. The molecule has 30 heavy (non-hydrogen) atoms. The van der Waals surface area contributed by atoms with Crippen molar-refractivity contribution < 1.29 is 19.8 Å². The van der Waals surface area contributed by atoms with Crippen molar-refractivity contribution in [2.75, 3.05) is 0 Å². The maximum atomic E-state index is 11.7. The highest BCUT2D eigenvalue weighted by Crippen LogP contribution is 2.32. The number of carbonyl (C=O) groups is 2. The Bertz CT molecular complexity index is 1040. The number of thiophene rings is 1. The third-order valence-corrected chi connectivity index (χ3v) is 6.07. The Morgan fingerprint density at radius 1 is 1.20 bits per heavy atom. The lowest BCUT2D eigenvalue weighted by Crippen LogP contribution is -2.13. The third kappa shape index (κ3) is 5.04. The fraction of sp³-hybridized carbons (Fsp3) is 0.261. The van der Waals surface area contributed by atoms with Crippen molar-refractivity contribution in [2.45, 2.75) is 32.6 Å². The standard InChI is InChI=1S/C23H24N2O4S/c1-3-14(2)20(15-6-8-16(9-7-15)22(26)27)21-24-13-18(25-21)11-17(23(28)29)12-19-5-4-10-30-19/h4-11,13-14,20H,3,12H2,1-2H3,(H,24,25)(H,26,27)(H,28,29)/b17-11+. The van der Waals surface area contributed by atoms with E-state index in [-0.39, 0.29) is 17.4 Å². The van der Waals surface area contributed by atoms with Crippen LogP contribution in [0.3, 0.4) is 0 Å². The van der Waals surface area contributed by atoms with E-state index < -0.39 is 11.9 Å². The van der Waals surface area contributed by atoms with Gasteiger partial charge >= 0.3 is 11.9 Å². The van der Waals surface area contributed by atoms with E-state index in [1.54, 1.807) is 24.4 Å². The van der Waals surface area contributed by atoms with Gasteiger partial charge in [-0.25, -0.2) is 14.6 Å². The first-order valence-electron chi connectivity index (χ1n) is 9.73. The molecule has 2 heterocycles. The quantitative estimate of drug-likeness (QED) is 0.417. The molecule has 0 spiro atoms. The van der Waals surface area contributed by atoms with E-state index in [1.165, 1.54) is 11.3 Å². The molecule has 2 atom stereocenters. The highest BCUT2D eigenvalue weighted by atomic mass is 32.1. The van der Waals surface area contributed by atoms with E-state index >= 15 is 0 Å². The first-order valence-corrected chi connectivity index (χ1v) is 10.6. The zero-order valence-electron chi connectivity index (χ0n) is 16.8. The van der Waals surface area contributed by atoms with Gasteiger partial charge < -0.3 is 15.2 Å². The maximum absolute atomic E-state index is 11.7. The molecule has 7 heteroatoms. The Labute approximate surface area is 178 Å². The molecule has 2 aromatic heterocycles. The maximum Gasteiger partial charge on any atom is 0.335 e. The first-order chi connectivity index (χ1) is 14.4. The van der Waals surface area contributed by atoms with Gasteiger partial charge in [-0.05, 0) is 41.1 Å². The summed E-state index contributed by atoms with van der Waals surface area (Å²) in [5, 5.41) is 20.6. The molecule has 0 aliphatic carbocycles. The normalized spacial score (nSPS) is 13.7. The largest absolute Gasteiger partial charge is 0.478 e. The number of H-pyrrole nitrogens is 1. The number of aromatic carboxylic acids is 1. The fourth-order valence-corrected chi connectivity index (χ4v) is 4.11. The van der Waals surface area contributed by atoms with E-state index in [2.05, 4.69) is 23.8 Å². The molecule has 0 saturated heterocycles. The number of hydrogen-bond acceptors (Lipinski definition) is 4. The number of aromatic nitrogens is 2. The average molecular weight is 425 g/mol. The highest BCUT2D eigenvalue weighted by molar-refractivity contribution is 7.09. The molecule has 0 bridgehead atoms. The molecule has 0 amide bonds. The number of aliphatic carboxylic acids is 1. The molecule has 0 radical (unpaired) electrons. The summed E-state index contributed by atoms with van der Waals surface area (Å²) in [5.41, 5.74) is 2.13. The minimum absolute atomic E-state index is 0.0504. The second kappa shape index (κ2) is 9.54. The van der Waals surface area contributed by atoms with Crippen LogP contribution in [-0.2, 0) is 11.2 Å². The third-order valence-electron chi connectivity index (χ3n) is 5.19. The second-order valence-corrected chi connectivity index (χ2v) is 8.28. The summed E-state index contributed by atoms with van der Waals surface area (Å²) in [6.07, 6.45) is 4.54. The Morgan fingerprint density at radius 2 is 1.93 bits per heavy atom. The second-order valence-electron chi connectivity index (χ2n) is 7.25. The van der Waals surface area contributed by atoms with Crippen LogP contribution in [0.5, 0.6) is 0 Å². The van der Waals surface area contributed by atoms with Crippen molar-refractivity contribution in [1.82, 2.24) is 9.97 Å². The van der Waals surface area contributed by atoms with Crippen LogP contribution in [0.1, 0.15) is 58.5 Å². The van der Waals surface area contributed by atoms with E-state index in [1.807, 2.05) is 29.6 Å². The number of hydrogen-bond donors (Lipinski definition) is 3. The molecular weight excluding hydrogens is 400 g/mol. The van der Waals surface area contributed by atoms with E-state index in [0.29, 0.717) is 17.7 Å². The van der Waals surface area contributed by atoms with Crippen LogP contribution in [0.15, 0.2) is 53.5 Å². The number of benzene rings is 1. The van der Waals surface area contributed by atoms with Crippen LogP contribution in [0, 0.1) is 5.92 Å². The van der Waals surface area contributed by atoms with Crippen LogP contribution in [-0.4, -0.2) is 32.1 Å². The predicted molar refractivity (Wildman–Crippen MR) is 117 cm³/mol. The molecule has 1 aromatic carbocycles. The van der Waals surface area contributed by atoms with Crippen molar-refractivity contribution in [3.63, 3.8) is 0 Å². The molecule has 0 saturated carbocycles. The number of carboxylic acid groups (broad SMARTS) is 2. The molecule has 0 fully saturated rings. The average Bonchev–Trinajstić information content (AvgIpc) is 3.40. The first kappa shape index (κ1) is 21.5. The van der Waals surface area contributed by atoms with Gasteiger partial charge in [0.15, 0.2) is 0 Å². The van der Waals surface area contributed by atoms with Gasteiger partial charge in [0.05, 0.1) is 17.5 Å². The van der Waals surface area contributed by atoms with E-state index in [0.717, 1.165) is 22.7 Å². The van der Waals surface area contributed by atoms with Crippen LogP contribution >= 0.6 is 11.3 Å². The summed E-state index contributed by atoms with van der Waals surface area (Å²) in [5.74, 6) is -0.972. The SMILES string of the molecule is CCC(C)C(c1ccc(C(=O)O)cc1)c1ncc(/C=C(\Cc2cccs2)C(=O)O)[nH]1. The lowest BCUT2D eigenvalue weighted by atomic mass is 9.84. The number of imidazole rings is 1. The molecular formula is C23H24N2O4S. The van der Waals surface area contributed by atoms with Crippen molar-refractivity contribution in [3.8, 4) is 0 Å². The lowest BCUT2D eigenvalue weighted by Gasteiger charge is -2.21. The van der Waals surface area contributed by atoms with Gasteiger partial charge in [-0.2, -0.15) is 0 Å². The fourth-order valence-electron chi connectivity index (χ4n) is 3.38. The zero-order valence-corrected chi connectivity index (χ0v) is 17.6. The topological polar surface area (TPSA) is 103 Å². The molecule has 2 unspecified atom stereocenters. The van der Waals surface area contributed by atoms with Crippen LogP contribution in [0.2, 0.25) is 0 Å². The predicted octanol–water partition coefficient (Wildman–Crippen LogP) is 5.06. The molecule has 3 N–H and O–H groups in total. The Balaban J connectivity index is 1.91. The van der Waals surface area contributed by atoms with Gasteiger partial charge in [0.2, 0.25) is 0 Å². The van der Waals surface area contributed by atoms with Crippen LogP contribution in [0.4, 0.5) is 0 Å². The van der Waals surface area contributed by atoms with E-state index in [9.17, 15) is 14.7 Å². The molecule has 6 nitrogen and oxygen atoms in total. The Morgan fingerprint density at radius 3 is 2.50 bits per heavy atom. The molecule has 3 rings (SSSR count). The number of aromatic amines is 1. The molecule has 156 valence electrons. The summed E-state index contributed by atoms with van der Waals surface area (Å²) in [6, 6.07) is 10.6. The molecule has 0 aliphatic rings. The summed E-state index contributed by atoms with van der Waals surface area (Å²) >= 11 is 1.52. The van der Waals surface area contributed by atoms with Crippen molar-refractivity contribution in [3.05, 3.63) is 81.1 Å². The monoisotopic (exact) mass is 424 g/mol. The number of rotatable bonds is 9. The van der Waals surface area contributed by atoms with Gasteiger partial charge in [-0.1, -0.05) is 38.5 Å². The minimum Gasteiger partial charge on any atom is -0.478 e.